The van der Waals surface area contributed by atoms with Gasteiger partial charge in [-0.25, -0.2) is 0 Å². The first-order valence-corrected chi connectivity index (χ1v) is 6.84. The molecule has 0 saturated carbocycles. The second-order valence-corrected chi connectivity index (χ2v) is 5.04. The van der Waals surface area contributed by atoms with Crippen LogP contribution in [0, 0.1) is 5.92 Å². The predicted octanol–water partition coefficient (Wildman–Crippen LogP) is 0.914. The van der Waals surface area contributed by atoms with Crippen molar-refractivity contribution in [1.82, 2.24) is 9.80 Å². The van der Waals surface area contributed by atoms with Gasteiger partial charge in [-0.05, 0) is 38.8 Å². The second kappa shape index (κ2) is 6.97. The van der Waals surface area contributed by atoms with Gasteiger partial charge in [-0.1, -0.05) is 13.8 Å². The minimum Gasteiger partial charge on any atom is -0.342 e. The average Bonchev–Trinajstić information content (AvgIpc) is 2.35. The summed E-state index contributed by atoms with van der Waals surface area (Å²) in [6.45, 7) is 10.5. The maximum atomic E-state index is 12.1. The molecule has 2 N–H and O–H groups in total. The molecule has 4 nitrogen and oxygen atoms in total. The molecule has 0 aromatic rings. The standard InChI is InChI=1S/C13H27N3O/c1-4-15(5-2)10-13(17)16-8-6-12(7-9-16)11(3)14/h11-12H,4-10,14H2,1-3H3. The summed E-state index contributed by atoms with van der Waals surface area (Å²) < 4.78 is 0. The molecule has 1 heterocycles. The van der Waals surface area contributed by atoms with Crippen molar-refractivity contribution >= 4 is 5.91 Å². The molecule has 1 fully saturated rings. The summed E-state index contributed by atoms with van der Waals surface area (Å²) in [6, 6.07) is 0.259. The number of hydrogen-bond acceptors (Lipinski definition) is 3. The van der Waals surface area contributed by atoms with Crippen molar-refractivity contribution in [3.63, 3.8) is 0 Å². The highest BCUT2D eigenvalue weighted by Crippen LogP contribution is 2.19. The van der Waals surface area contributed by atoms with E-state index in [-0.39, 0.29) is 11.9 Å². The van der Waals surface area contributed by atoms with Crippen LogP contribution in [-0.4, -0.2) is 54.5 Å². The lowest BCUT2D eigenvalue weighted by atomic mass is 9.91. The monoisotopic (exact) mass is 241 g/mol. The molecule has 0 bridgehead atoms. The van der Waals surface area contributed by atoms with Crippen molar-refractivity contribution in [3.8, 4) is 0 Å². The van der Waals surface area contributed by atoms with E-state index in [4.69, 9.17) is 5.73 Å². The smallest absolute Gasteiger partial charge is 0.236 e. The van der Waals surface area contributed by atoms with Crippen LogP contribution >= 0.6 is 0 Å². The Morgan fingerprint density at radius 1 is 1.35 bits per heavy atom. The summed E-state index contributed by atoms with van der Waals surface area (Å²) in [5, 5.41) is 0. The number of nitrogens with two attached hydrogens (primary N) is 1. The summed E-state index contributed by atoms with van der Waals surface area (Å²) in [7, 11) is 0. The normalized spacial score (nSPS) is 19.7. The number of hydrogen-bond donors (Lipinski definition) is 1. The van der Waals surface area contributed by atoms with Crippen molar-refractivity contribution in [3.05, 3.63) is 0 Å². The second-order valence-electron chi connectivity index (χ2n) is 5.04. The molecular formula is C13H27N3O. The number of likely N-dealkylation sites (N-methyl/N-ethyl adjacent to an activating group) is 1. The van der Waals surface area contributed by atoms with Gasteiger partial charge in [0.05, 0.1) is 6.54 Å². The Bertz CT molecular complexity index is 231. The van der Waals surface area contributed by atoms with Gasteiger partial charge in [0.15, 0.2) is 0 Å². The van der Waals surface area contributed by atoms with Gasteiger partial charge in [0, 0.05) is 19.1 Å². The molecule has 4 heteroatoms. The Labute approximate surface area is 105 Å². The van der Waals surface area contributed by atoms with E-state index in [1.165, 1.54) is 0 Å². The molecule has 0 aliphatic carbocycles. The Morgan fingerprint density at radius 3 is 2.29 bits per heavy atom. The Balaban J connectivity index is 2.35. The molecule has 0 spiro atoms. The van der Waals surface area contributed by atoms with Crippen LogP contribution in [0.3, 0.4) is 0 Å². The lowest BCUT2D eigenvalue weighted by molar-refractivity contribution is -0.133. The third kappa shape index (κ3) is 4.28. The van der Waals surface area contributed by atoms with Crippen molar-refractivity contribution in [2.24, 2.45) is 11.7 Å². The number of likely N-dealkylation sites (tertiary alicyclic amines) is 1. The summed E-state index contributed by atoms with van der Waals surface area (Å²) in [5.41, 5.74) is 5.90. The summed E-state index contributed by atoms with van der Waals surface area (Å²) >= 11 is 0. The summed E-state index contributed by atoms with van der Waals surface area (Å²) in [6.07, 6.45) is 2.11. The maximum absolute atomic E-state index is 12.1. The first-order chi connectivity index (χ1) is 8.08. The Hall–Kier alpha value is -0.610. The molecule has 1 aliphatic heterocycles. The SMILES string of the molecule is CCN(CC)CC(=O)N1CCC(C(C)N)CC1. The lowest BCUT2D eigenvalue weighted by Crippen LogP contribution is -2.46. The highest BCUT2D eigenvalue weighted by Gasteiger charge is 2.25. The Morgan fingerprint density at radius 2 is 1.88 bits per heavy atom. The number of carbonyl (C=O) groups is 1. The topological polar surface area (TPSA) is 49.6 Å². The zero-order valence-corrected chi connectivity index (χ0v) is 11.5. The third-order valence-corrected chi connectivity index (χ3v) is 3.89. The minimum absolute atomic E-state index is 0.259. The van der Waals surface area contributed by atoms with E-state index in [0.29, 0.717) is 12.5 Å². The maximum Gasteiger partial charge on any atom is 0.236 e. The van der Waals surface area contributed by atoms with E-state index in [2.05, 4.69) is 25.7 Å². The van der Waals surface area contributed by atoms with Gasteiger partial charge < -0.3 is 10.6 Å². The van der Waals surface area contributed by atoms with E-state index < -0.39 is 0 Å². The van der Waals surface area contributed by atoms with Crippen LogP contribution in [-0.2, 0) is 4.79 Å². The molecule has 1 rings (SSSR count). The summed E-state index contributed by atoms with van der Waals surface area (Å²) in [5.74, 6) is 0.865. The van der Waals surface area contributed by atoms with Crippen LogP contribution in [0.25, 0.3) is 0 Å². The first-order valence-electron chi connectivity index (χ1n) is 6.84. The summed E-state index contributed by atoms with van der Waals surface area (Å²) in [4.78, 5) is 16.2. The van der Waals surface area contributed by atoms with Crippen LogP contribution in [0.1, 0.15) is 33.6 Å². The first kappa shape index (κ1) is 14.5. The molecule has 1 atom stereocenters. The minimum atomic E-state index is 0.259. The lowest BCUT2D eigenvalue weighted by Gasteiger charge is -2.34. The van der Waals surface area contributed by atoms with Crippen LogP contribution < -0.4 is 5.73 Å². The highest BCUT2D eigenvalue weighted by molar-refractivity contribution is 5.78. The number of amides is 1. The van der Waals surface area contributed by atoms with Gasteiger partial charge in [0.25, 0.3) is 0 Å². The van der Waals surface area contributed by atoms with Crippen molar-refractivity contribution < 1.29 is 4.79 Å². The van der Waals surface area contributed by atoms with Crippen LogP contribution in [0.15, 0.2) is 0 Å². The van der Waals surface area contributed by atoms with Gasteiger partial charge in [-0.3, -0.25) is 9.69 Å². The highest BCUT2D eigenvalue weighted by atomic mass is 16.2. The zero-order valence-electron chi connectivity index (χ0n) is 11.5. The zero-order chi connectivity index (χ0) is 12.8. The van der Waals surface area contributed by atoms with Gasteiger partial charge in [0.1, 0.15) is 0 Å². The molecule has 1 saturated heterocycles. The number of carbonyl (C=O) groups excluding carboxylic acids is 1. The van der Waals surface area contributed by atoms with Gasteiger partial charge in [-0.15, -0.1) is 0 Å². The quantitative estimate of drug-likeness (QED) is 0.778. The van der Waals surface area contributed by atoms with E-state index in [9.17, 15) is 4.79 Å². The fraction of sp³-hybridized carbons (Fsp3) is 0.923. The Kier molecular flexibility index (Phi) is 5.92. The van der Waals surface area contributed by atoms with Crippen LogP contribution in [0.2, 0.25) is 0 Å². The van der Waals surface area contributed by atoms with Crippen molar-refractivity contribution in [2.75, 3.05) is 32.7 Å². The largest absolute Gasteiger partial charge is 0.342 e. The molecule has 1 amide bonds. The number of rotatable bonds is 5. The van der Waals surface area contributed by atoms with Crippen LogP contribution in [0.4, 0.5) is 0 Å². The van der Waals surface area contributed by atoms with Crippen LogP contribution in [0.5, 0.6) is 0 Å². The molecular weight excluding hydrogens is 214 g/mol. The van der Waals surface area contributed by atoms with Gasteiger partial charge in [-0.2, -0.15) is 0 Å². The molecule has 100 valence electrons. The van der Waals surface area contributed by atoms with E-state index in [1.807, 2.05) is 4.90 Å². The fourth-order valence-electron chi connectivity index (χ4n) is 2.41. The molecule has 17 heavy (non-hydrogen) atoms. The third-order valence-electron chi connectivity index (χ3n) is 3.89. The van der Waals surface area contributed by atoms with Crippen molar-refractivity contribution in [1.29, 1.82) is 0 Å². The average molecular weight is 241 g/mol. The molecule has 0 radical (unpaired) electrons. The molecule has 1 aliphatic rings. The van der Waals surface area contributed by atoms with E-state index in [1.54, 1.807) is 0 Å². The number of piperidine rings is 1. The molecule has 0 aromatic heterocycles. The molecule has 1 unspecified atom stereocenters. The van der Waals surface area contributed by atoms with E-state index >= 15 is 0 Å². The fourth-order valence-corrected chi connectivity index (χ4v) is 2.41. The molecule has 0 aromatic carbocycles. The number of nitrogens with zero attached hydrogens (tertiary/aromatic N) is 2. The van der Waals surface area contributed by atoms with Gasteiger partial charge in [0.2, 0.25) is 5.91 Å². The van der Waals surface area contributed by atoms with Crippen molar-refractivity contribution in [2.45, 2.75) is 39.7 Å². The van der Waals surface area contributed by atoms with E-state index in [0.717, 1.165) is 39.0 Å². The predicted molar refractivity (Wildman–Crippen MR) is 70.7 cm³/mol. The van der Waals surface area contributed by atoms with Gasteiger partial charge >= 0.3 is 0 Å².